The smallest absolute Gasteiger partial charge is 0.346 e. The van der Waals surface area contributed by atoms with Crippen molar-refractivity contribution in [2.75, 3.05) is 25.1 Å². The number of fused-ring (bicyclic) bond motifs is 1. The standard InChI is InChI=1S/C9H12Cl2N4O2Si/c10-7-13-8(11)15-9(14-7)12-2-1-3-18-6(4-16-18)5-17-18/h6H,1-5H2,(H,12,13,14,15). The minimum Gasteiger partial charge on any atom is -0.394 e. The van der Waals surface area contributed by atoms with Gasteiger partial charge in [0.25, 0.3) is 0 Å². The molecule has 18 heavy (non-hydrogen) atoms. The molecule has 0 saturated carbocycles. The van der Waals surface area contributed by atoms with E-state index in [1.54, 1.807) is 0 Å². The maximum Gasteiger partial charge on any atom is 0.346 e. The predicted molar refractivity (Wildman–Crippen MR) is 69.2 cm³/mol. The highest BCUT2D eigenvalue weighted by atomic mass is 35.5. The van der Waals surface area contributed by atoms with E-state index >= 15 is 0 Å². The summed E-state index contributed by atoms with van der Waals surface area (Å²) in [4.78, 5) is 11.5. The molecule has 0 spiro atoms. The maximum atomic E-state index is 5.68. The van der Waals surface area contributed by atoms with Crippen LogP contribution in [0.5, 0.6) is 0 Å². The first kappa shape index (κ1) is 12.6. The number of rotatable bonds is 5. The van der Waals surface area contributed by atoms with Crippen molar-refractivity contribution in [3.8, 4) is 0 Å². The van der Waals surface area contributed by atoms with Gasteiger partial charge in [-0.05, 0) is 35.7 Å². The molecule has 0 radical (unpaired) electrons. The van der Waals surface area contributed by atoms with Crippen LogP contribution < -0.4 is 5.32 Å². The van der Waals surface area contributed by atoms with Crippen LogP contribution in [0.15, 0.2) is 0 Å². The molecule has 0 unspecified atom stereocenters. The third-order valence-corrected chi connectivity index (χ3v) is 7.52. The van der Waals surface area contributed by atoms with Crippen LogP contribution in [0.25, 0.3) is 0 Å². The SMILES string of the molecule is Clc1nc(Cl)nc(NCCC[Si]23OCC2CO3)n1. The Morgan fingerprint density at radius 2 is 1.83 bits per heavy atom. The fourth-order valence-corrected chi connectivity index (χ4v) is 5.51. The monoisotopic (exact) mass is 306 g/mol. The highest BCUT2D eigenvalue weighted by molar-refractivity contribution is 6.73. The third-order valence-electron chi connectivity index (χ3n) is 3.25. The van der Waals surface area contributed by atoms with Crippen molar-refractivity contribution in [2.24, 2.45) is 0 Å². The topological polar surface area (TPSA) is 69.2 Å². The van der Waals surface area contributed by atoms with E-state index < -0.39 is 8.56 Å². The highest BCUT2D eigenvalue weighted by Crippen LogP contribution is 2.47. The quantitative estimate of drug-likeness (QED) is 0.661. The zero-order chi connectivity index (χ0) is 12.6. The summed E-state index contributed by atoms with van der Waals surface area (Å²) >= 11 is 11.4. The van der Waals surface area contributed by atoms with Crippen LogP contribution in [-0.2, 0) is 8.85 Å². The zero-order valence-electron chi connectivity index (χ0n) is 9.53. The van der Waals surface area contributed by atoms with E-state index in [-0.39, 0.29) is 10.6 Å². The predicted octanol–water partition coefficient (Wildman–Crippen LogP) is 1.85. The van der Waals surface area contributed by atoms with Crippen LogP contribution in [0.2, 0.25) is 22.2 Å². The molecule has 1 aromatic rings. The van der Waals surface area contributed by atoms with E-state index in [1.807, 2.05) is 0 Å². The van der Waals surface area contributed by atoms with Crippen LogP contribution >= 0.6 is 23.2 Å². The fourth-order valence-electron chi connectivity index (χ4n) is 2.15. The number of aromatic nitrogens is 3. The number of nitrogens with zero attached hydrogens (tertiary/aromatic N) is 3. The third kappa shape index (κ3) is 2.33. The minimum absolute atomic E-state index is 0.0928. The number of nitrogens with one attached hydrogen (secondary N) is 1. The molecule has 2 fully saturated rings. The molecule has 0 bridgehead atoms. The van der Waals surface area contributed by atoms with Crippen molar-refractivity contribution in [3.63, 3.8) is 0 Å². The molecule has 0 aromatic carbocycles. The molecule has 6 nitrogen and oxygen atoms in total. The number of hydrogen-bond acceptors (Lipinski definition) is 6. The van der Waals surface area contributed by atoms with Crippen molar-refractivity contribution in [2.45, 2.75) is 18.0 Å². The molecular weight excluding hydrogens is 295 g/mol. The molecule has 2 aliphatic heterocycles. The summed E-state index contributed by atoms with van der Waals surface area (Å²) in [6.07, 6.45) is 0.962. The average Bonchev–Trinajstić information content (AvgIpc) is 2.30. The summed E-state index contributed by atoms with van der Waals surface area (Å²) in [7, 11) is -1.72. The molecule has 0 amide bonds. The van der Waals surface area contributed by atoms with E-state index in [1.165, 1.54) is 0 Å². The second kappa shape index (κ2) is 4.90. The lowest BCUT2D eigenvalue weighted by molar-refractivity contribution is 0.00250. The molecule has 1 aromatic heterocycles. The molecule has 3 rings (SSSR count). The second-order valence-corrected chi connectivity index (χ2v) is 8.55. The van der Waals surface area contributed by atoms with Crippen LogP contribution in [-0.4, -0.2) is 43.3 Å². The lowest BCUT2D eigenvalue weighted by Crippen LogP contribution is -2.67. The van der Waals surface area contributed by atoms with Gasteiger partial charge in [-0.3, -0.25) is 0 Å². The summed E-state index contributed by atoms with van der Waals surface area (Å²) in [5, 5.41) is 3.25. The van der Waals surface area contributed by atoms with Gasteiger partial charge < -0.3 is 14.2 Å². The Morgan fingerprint density at radius 1 is 1.17 bits per heavy atom. The Hall–Kier alpha value is -0.473. The van der Waals surface area contributed by atoms with E-state index in [2.05, 4.69) is 20.3 Å². The lowest BCUT2D eigenvalue weighted by atomic mass is 10.4. The lowest BCUT2D eigenvalue weighted by Gasteiger charge is -2.54. The Morgan fingerprint density at radius 3 is 2.33 bits per heavy atom. The van der Waals surface area contributed by atoms with Gasteiger partial charge in [0.1, 0.15) is 0 Å². The van der Waals surface area contributed by atoms with Crippen LogP contribution in [0.1, 0.15) is 6.42 Å². The average molecular weight is 307 g/mol. The number of hydrogen-bond donors (Lipinski definition) is 1. The molecule has 3 heterocycles. The van der Waals surface area contributed by atoms with Crippen molar-refractivity contribution in [1.29, 1.82) is 0 Å². The normalized spacial score (nSPS) is 29.1. The fraction of sp³-hybridized carbons (Fsp3) is 0.667. The largest absolute Gasteiger partial charge is 0.394 e. The summed E-state index contributed by atoms with van der Waals surface area (Å²) in [5.74, 6) is 0.403. The minimum atomic E-state index is -1.72. The van der Waals surface area contributed by atoms with Gasteiger partial charge in [0.2, 0.25) is 16.5 Å². The Kier molecular flexibility index (Phi) is 3.42. The first-order chi connectivity index (χ1) is 8.68. The van der Waals surface area contributed by atoms with Gasteiger partial charge in [0.05, 0.1) is 0 Å². The van der Waals surface area contributed by atoms with Gasteiger partial charge in [-0.1, -0.05) is 0 Å². The first-order valence-corrected chi connectivity index (χ1v) is 8.62. The summed E-state index contributed by atoms with van der Waals surface area (Å²) in [6.45, 7) is 2.52. The summed E-state index contributed by atoms with van der Waals surface area (Å²) in [5.41, 5.74) is 0.721. The molecule has 2 aliphatic rings. The summed E-state index contributed by atoms with van der Waals surface area (Å²) < 4.78 is 11.2. The first-order valence-electron chi connectivity index (χ1n) is 5.77. The van der Waals surface area contributed by atoms with Gasteiger partial charge in [0.15, 0.2) is 0 Å². The van der Waals surface area contributed by atoms with Gasteiger partial charge in [-0.15, -0.1) is 0 Å². The van der Waals surface area contributed by atoms with Crippen molar-refractivity contribution >= 4 is 37.7 Å². The molecule has 1 N–H and O–H groups in total. The van der Waals surface area contributed by atoms with E-state index in [0.29, 0.717) is 5.95 Å². The molecule has 2 saturated heterocycles. The highest BCUT2D eigenvalue weighted by Gasteiger charge is 2.61. The Bertz CT molecular complexity index is 436. The van der Waals surface area contributed by atoms with E-state index in [4.69, 9.17) is 32.1 Å². The molecule has 0 atom stereocenters. The van der Waals surface area contributed by atoms with Crippen molar-refractivity contribution in [3.05, 3.63) is 10.6 Å². The van der Waals surface area contributed by atoms with Crippen molar-refractivity contribution < 1.29 is 8.85 Å². The van der Waals surface area contributed by atoms with Gasteiger partial charge in [-0.25, -0.2) is 0 Å². The molecule has 0 aliphatic carbocycles. The van der Waals surface area contributed by atoms with E-state index in [9.17, 15) is 0 Å². The summed E-state index contributed by atoms with van der Waals surface area (Å²) in [6, 6.07) is 1.01. The molecule has 98 valence electrons. The van der Waals surface area contributed by atoms with Crippen LogP contribution in [0.4, 0.5) is 5.95 Å². The van der Waals surface area contributed by atoms with Gasteiger partial charge >= 0.3 is 8.56 Å². The number of halogens is 2. The van der Waals surface area contributed by atoms with Crippen molar-refractivity contribution in [1.82, 2.24) is 15.0 Å². The second-order valence-electron chi connectivity index (χ2n) is 4.36. The Labute approximate surface area is 115 Å². The molecule has 9 heteroatoms. The van der Waals surface area contributed by atoms with Gasteiger partial charge in [-0.2, -0.15) is 15.0 Å². The van der Waals surface area contributed by atoms with Crippen LogP contribution in [0, 0.1) is 0 Å². The maximum absolute atomic E-state index is 5.68. The van der Waals surface area contributed by atoms with Gasteiger partial charge in [0, 0.05) is 25.3 Å². The van der Waals surface area contributed by atoms with E-state index in [0.717, 1.165) is 37.8 Å². The number of anilines is 1. The Balaban J connectivity index is 1.44. The zero-order valence-corrected chi connectivity index (χ0v) is 12.0. The van der Waals surface area contributed by atoms with Crippen LogP contribution in [0.3, 0.4) is 0 Å². The molecular formula is C9H12Cl2N4O2Si.